The van der Waals surface area contributed by atoms with Gasteiger partial charge in [-0.3, -0.25) is 0 Å². The van der Waals surface area contributed by atoms with E-state index in [2.05, 4.69) is 11.5 Å². The van der Waals surface area contributed by atoms with Gasteiger partial charge in [-0.25, -0.2) is 4.79 Å². The summed E-state index contributed by atoms with van der Waals surface area (Å²) in [5, 5.41) is 0. The quantitative estimate of drug-likeness (QED) is 0.199. The number of hydrogen-bond acceptors (Lipinski definition) is 5. The third kappa shape index (κ3) is 14.6. The first-order chi connectivity index (χ1) is 14.8. The molecule has 30 heavy (non-hydrogen) atoms. The van der Waals surface area contributed by atoms with Gasteiger partial charge < -0.3 is 23.5 Å². The topological polar surface area (TPSA) is 58.9 Å². The molecule has 174 valence electrons. The fraction of sp³-hybridized carbons (Fsp3) is 0.792. The molecule has 0 amide bonds. The lowest BCUT2D eigenvalue weighted by molar-refractivity contribution is 0.0164. The number of carbonyl (C=O) groups excluding carboxylic acids is 1. The third-order valence-corrected chi connectivity index (χ3v) is 4.87. The minimum Gasteiger partial charge on any atom is -0.460 e. The first-order valence-corrected chi connectivity index (χ1v) is 11.8. The van der Waals surface area contributed by atoms with Gasteiger partial charge >= 0.3 is 5.97 Å². The number of ether oxygens (including phenoxy) is 4. The molecule has 0 fully saturated rings. The second-order valence-corrected chi connectivity index (χ2v) is 7.52. The largest absolute Gasteiger partial charge is 0.460 e. The van der Waals surface area contributed by atoms with Crippen LogP contribution in [-0.4, -0.2) is 56.8 Å². The van der Waals surface area contributed by atoms with Crippen molar-refractivity contribution in [2.45, 2.75) is 78.2 Å². The molecule has 1 rings (SSSR count). The van der Waals surface area contributed by atoms with Crippen molar-refractivity contribution < 1.29 is 23.7 Å². The van der Waals surface area contributed by atoms with Crippen molar-refractivity contribution in [2.24, 2.45) is 0 Å². The summed E-state index contributed by atoms with van der Waals surface area (Å²) < 4.78 is 23.4. The van der Waals surface area contributed by atoms with Crippen LogP contribution >= 0.6 is 0 Å². The predicted octanol–water partition coefficient (Wildman–Crippen LogP) is 5.25. The summed E-state index contributed by atoms with van der Waals surface area (Å²) in [5.74, 6) is -0.291. The van der Waals surface area contributed by atoms with E-state index in [9.17, 15) is 4.79 Å². The van der Waals surface area contributed by atoms with Crippen LogP contribution in [0.4, 0.5) is 0 Å². The zero-order chi connectivity index (χ0) is 21.7. The van der Waals surface area contributed by atoms with Gasteiger partial charge in [-0.1, -0.05) is 45.4 Å². The van der Waals surface area contributed by atoms with E-state index in [1.54, 1.807) is 0 Å². The summed E-state index contributed by atoms with van der Waals surface area (Å²) in [6, 6.07) is 1.82. The zero-order valence-electron chi connectivity index (χ0n) is 19.2. The molecule has 0 spiro atoms. The van der Waals surface area contributed by atoms with Gasteiger partial charge in [0.2, 0.25) is 0 Å². The highest BCUT2D eigenvalue weighted by atomic mass is 16.6. The van der Waals surface area contributed by atoms with Crippen molar-refractivity contribution in [3.63, 3.8) is 0 Å². The lowest BCUT2D eigenvalue weighted by Gasteiger charge is -2.06. The highest BCUT2D eigenvalue weighted by Gasteiger charge is 2.08. The minimum atomic E-state index is -0.291. The van der Waals surface area contributed by atoms with Crippen LogP contribution in [0.15, 0.2) is 18.5 Å². The molecule has 0 N–H and O–H groups in total. The van der Waals surface area contributed by atoms with Crippen molar-refractivity contribution in [1.29, 1.82) is 0 Å². The Morgan fingerprint density at radius 1 is 0.767 bits per heavy atom. The number of nitrogens with zero attached hydrogens (tertiary/aromatic N) is 1. The first kappa shape index (κ1) is 26.7. The molecule has 0 aliphatic carbocycles. The van der Waals surface area contributed by atoms with Crippen molar-refractivity contribution in [3.05, 3.63) is 24.0 Å². The second kappa shape index (κ2) is 19.6. The summed E-state index contributed by atoms with van der Waals surface area (Å²) in [6.07, 6.45) is 14.9. The molecule has 6 nitrogen and oxygen atoms in total. The van der Waals surface area contributed by atoms with Gasteiger partial charge in [0.25, 0.3) is 0 Å². The van der Waals surface area contributed by atoms with Gasteiger partial charge in [0.1, 0.15) is 6.61 Å². The smallest absolute Gasteiger partial charge is 0.339 e. The van der Waals surface area contributed by atoms with Crippen LogP contribution in [0.2, 0.25) is 0 Å². The van der Waals surface area contributed by atoms with Gasteiger partial charge in [0, 0.05) is 38.8 Å². The zero-order valence-corrected chi connectivity index (χ0v) is 19.2. The predicted molar refractivity (Wildman–Crippen MR) is 120 cm³/mol. The maximum atomic E-state index is 12.0. The Labute approximate surface area is 183 Å². The number of aryl methyl sites for hydroxylation is 1. The van der Waals surface area contributed by atoms with E-state index in [-0.39, 0.29) is 12.6 Å². The van der Waals surface area contributed by atoms with Crippen molar-refractivity contribution in [2.75, 3.05) is 46.2 Å². The average molecular weight is 426 g/mol. The van der Waals surface area contributed by atoms with Gasteiger partial charge in [0.05, 0.1) is 25.4 Å². The van der Waals surface area contributed by atoms with Gasteiger partial charge in [-0.2, -0.15) is 0 Å². The maximum Gasteiger partial charge on any atom is 0.339 e. The molecule has 0 aromatic carbocycles. The van der Waals surface area contributed by atoms with Crippen LogP contribution < -0.4 is 0 Å². The fourth-order valence-electron chi connectivity index (χ4n) is 3.07. The van der Waals surface area contributed by atoms with E-state index in [0.717, 1.165) is 26.2 Å². The monoisotopic (exact) mass is 425 g/mol. The van der Waals surface area contributed by atoms with E-state index < -0.39 is 0 Å². The number of aromatic nitrogens is 1. The first-order valence-electron chi connectivity index (χ1n) is 11.8. The molecule has 1 aromatic heterocycles. The highest BCUT2D eigenvalue weighted by Crippen LogP contribution is 2.10. The minimum absolute atomic E-state index is 0.265. The maximum absolute atomic E-state index is 12.0. The molecule has 0 radical (unpaired) electrons. The molecular formula is C24H43NO5. The Kier molecular flexibility index (Phi) is 17.4. The Balaban J connectivity index is 1.96. The molecule has 0 saturated carbocycles. The van der Waals surface area contributed by atoms with Gasteiger partial charge in [-0.15, -0.1) is 0 Å². The Bertz CT molecular complexity index is 517. The molecule has 0 unspecified atom stereocenters. The summed E-state index contributed by atoms with van der Waals surface area (Å²) >= 11 is 0. The molecular weight excluding hydrogens is 382 g/mol. The standard InChI is InChI=1S/C24H43NO5/c1-3-5-16-28-17-12-10-8-6-7-9-11-14-25-15-13-23(22-25)24(26)30-21-20-29-19-18-27-4-2/h13,15,22H,3-12,14,16-21H2,1-2H3. The van der Waals surface area contributed by atoms with E-state index in [4.69, 9.17) is 18.9 Å². The SMILES string of the molecule is CCCCOCCCCCCCCCn1ccc(C(=O)OCCOCCOCC)c1. The highest BCUT2D eigenvalue weighted by molar-refractivity contribution is 5.89. The van der Waals surface area contributed by atoms with E-state index in [0.29, 0.717) is 32.0 Å². The van der Waals surface area contributed by atoms with Crippen LogP contribution in [0.25, 0.3) is 0 Å². The third-order valence-electron chi connectivity index (χ3n) is 4.87. The Hall–Kier alpha value is -1.37. The second-order valence-electron chi connectivity index (χ2n) is 7.52. The molecule has 1 heterocycles. The van der Waals surface area contributed by atoms with Crippen molar-refractivity contribution in [1.82, 2.24) is 4.57 Å². The number of hydrogen-bond donors (Lipinski definition) is 0. The van der Waals surface area contributed by atoms with Crippen LogP contribution in [0.5, 0.6) is 0 Å². The molecule has 0 bridgehead atoms. The average Bonchev–Trinajstić information content (AvgIpc) is 3.23. The molecule has 0 saturated heterocycles. The lowest BCUT2D eigenvalue weighted by atomic mass is 10.1. The lowest BCUT2D eigenvalue weighted by Crippen LogP contribution is -2.12. The summed E-state index contributed by atoms with van der Waals surface area (Å²) in [4.78, 5) is 12.0. The molecule has 0 aliphatic rings. The number of rotatable bonds is 21. The van der Waals surface area contributed by atoms with Gasteiger partial charge in [-0.05, 0) is 32.3 Å². The Morgan fingerprint density at radius 3 is 2.17 bits per heavy atom. The summed E-state index contributed by atoms with van der Waals surface area (Å²) in [5.41, 5.74) is 0.602. The normalized spacial score (nSPS) is 11.1. The number of carbonyl (C=O) groups is 1. The van der Waals surface area contributed by atoms with E-state index in [1.807, 2.05) is 25.4 Å². The van der Waals surface area contributed by atoms with E-state index in [1.165, 1.54) is 51.4 Å². The van der Waals surface area contributed by atoms with Crippen molar-refractivity contribution >= 4 is 5.97 Å². The number of unbranched alkanes of at least 4 members (excludes halogenated alkanes) is 7. The molecule has 6 heteroatoms. The Morgan fingerprint density at radius 2 is 1.40 bits per heavy atom. The van der Waals surface area contributed by atoms with Crippen LogP contribution in [0.1, 0.15) is 82.0 Å². The van der Waals surface area contributed by atoms with Gasteiger partial charge in [0.15, 0.2) is 0 Å². The summed E-state index contributed by atoms with van der Waals surface area (Å²) in [7, 11) is 0. The summed E-state index contributed by atoms with van der Waals surface area (Å²) in [6.45, 7) is 9.35. The molecule has 0 atom stereocenters. The number of esters is 1. The van der Waals surface area contributed by atoms with Crippen LogP contribution in [-0.2, 0) is 25.5 Å². The molecule has 0 aliphatic heterocycles. The fourth-order valence-corrected chi connectivity index (χ4v) is 3.07. The van der Waals surface area contributed by atoms with E-state index >= 15 is 0 Å². The van der Waals surface area contributed by atoms with Crippen LogP contribution in [0.3, 0.4) is 0 Å². The van der Waals surface area contributed by atoms with Crippen LogP contribution in [0, 0.1) is 0 Å². The van der Waals surface area contributed by atoms with Crippen molar-refractivity contribution in [3.8, 4) is 0 Å². The molecule has 1 aromatic rings.